The second kappa shape index (κ2) is 7.33. The van der Waals surface area contributed by atoms with Crippen molar-refractivity contribution in [2.45, 2.75) is 37.8 Å². The Balaban J connectivity index is 2.51. The summed E-state index contributed by atoms with van der Waals surface area (Å²) in [4.78, 5) is 1.29. The summed E-state index contributed by atoms with van der Waals surface area (Å²) in [5, 5.41) is 13.0. The van der Waals surface area contributed by atoms with Crippen LogP contribution >= 0.6 is 11.8 Å². The first kappa shape index (κ1) is 14.9. The number of nitrogens with one attached hydrogen (secondary N) is 1. The molecule has 1 aromatic carbocycles. The monoisotopic (exact) mass is 262 g/mol. The van der Waals surface area contributed by atoms with E-state index in [4.69, 9.17) is 5.26 Å². The topological polar surface area (TPSA) is 35.8 Å². The molecule has 1 aromatic rings. The van der Waals surface area contributed by atoms with Crippen molar-refractivity contribution in [3.8, 4) is 6.07 Å². The van der Waals surface area contributed by atoms with Crippen LogP contribution in [0.5, 0.6) is 0 Å². The summed E-state index contributed by atoms with van der Waals surface area (Å²) in [5.41, 5.74) is 1.09. The van der Waals surface area contributed by atoms with Gasteiger partial charge in [0.05, 0.1) is 12.0 Å². The number of rotatable bonds is 6. The van der Waals surface area contributed by atoms with Crippen LogP contribution in [-0.2, 0) is 0 Å². The highest BCUT2D eigenvalue weighted by atomic mass is 32.2. The van der Waals surface area contributed by atoms with E-state index < -0.39 is 0 Å². The number of nitriles is 1. The molecule has 98 valence electrons. The van der Waals surface area contributed by atoms with Crippen LogP contribution in [0.2, 0.25) is 0 Å². The average Bonchev–Trinajstić information content (AvgIpc) is 2.31. The van der Waals surface area contributed by atoms with Crippen LogP contribution < -0.4 is 5.32 Å². The van der Waals surface area contributed by atoms with E-state index in [2.05, 4.69) is 63.3 Å². The van der Waals surface area contributed by atoms with Crippen LogP contribution in [0.4, 0.5) is 5.69 Å². The summed E-state index contributed by atoms with van der Waals surface area (Å²) >= 11 is 1.86. The maximum absolute atomic E-state index is 9.02. The zero-order chi connectivity index (χ0) is 13.5. The average molecular weight is 262 g/mol. The van der Waals surface area contributed by atoms with E-state index in [0.29, 0.717) is 17.7 Å². The fraction of sp³-hybridized carbons (Fsp3) is 0.533. The van der Waals surface area contributed by atoms with Crippen molar-refractivity contribution in [3.05, 3.63) is 24.3 Å². The summed E-state index contributed by atoms with van der Waals surface area (Å²) in [6.07, 6.45) is 0. The van der Waals surface area contributed by atoms with Gasteiger partial charge in [-0.25, -0.2) is 0 Å². The third kappa shape index (κ3) is 5.01. The molecule has 1 N–H and O–H groups in total. The third-order valence-electron chi connectivity index (χ3n) is 2.72. The zero-order valence-corrected chi connectivity index (χ0v) is 12.4. The van der Waals surface area contributed by atoms with Crippen LogP contribution in [0.1, 0.15) is 27.7 Å². The lowest BCUT2D eigenvalue weighted by molar-refractivity contribution is 0.496. The van der Waals surface area contributed by atoms with Gasteiger partial charge in [-0.3, -0.25) is 0 Å². The molecule has 0 fully saturated rings. The normalized spacial score (nSPS) is 12.5. The lowest BCUT2D eigenvalue weighted by Crippen LogP contribution is -2.17. The Morgan fingerprint density at radius 1 is 1.17 bits per heavy atom. The SMILES string of the molecule is CC(C)Sc1ccc(NCC(C#N)C(C)C)cc1. The van der Waals surface area contributed by atoms with Gasteiger partial charge in [-0.15, -0.1) is 11.8 Å². The molecular weight excluding hydrogens is 240 g/mol. The molecule has 1 unspecified atom stereocenters. The minimum atomic E-state index is 0.0646. The number of hydrogen-bond donors (Lipinski definition) is 1. The smallest absolute Gasteiger partial charge is 0.0677 e. The second-order valence-corrected chi connectivity index (χ2v) is 6.70. The Bertz CT molecular complexity index is 390. The van der Waals surface area contributed by atoms with Gasteiger partial charge in [-0.1, -0.05) is 27.7 Å². The molecule has 1 atom stereocenters. The maximum Gasteiger partial charge on any atom is 0.0677 e. The van der Waals surface area contributed by atoms with E-state index in [1.54, 1.807) is 0 Å². The molecule has 0 radical (unpaired) electrons. The van der Waals surface area contributed by atoms with Crippen molar-refractivity contribution < 1.29 is 0 Å². The fourth-order valence-corrected chi connectivity index (χ4v) is 2.42. The number of thioether (sulfide) groups is 1. The molecule has 0 aliphatic heterocycles. The first-order chi connectivity index (χ1) is 8.52. The van der Waals surface area contributed by atoms with Crippen molar-refractivity contribution in [3.63, 3.8) is 0 Å². The lowest BCUT2D eigenvalue weighted by Gasteiger charge is -2.15. The van der Waals surface area contributed by atoms with Gasteiger partial charge in [0, 0.05) is 22.4 Å². The molecule has 0 saturated heterocycles. The Morgan fingerprint density at radius 3 is 2.22 bits per heavy atom. The number of nitrogens with zero attached hydrogens (tertiary/aromatic N) is 1. The molecule has 0 heterocycles. The van der Waals surface area contributed by atoms with Crippen molar-refractivity contribution in [2.24, 2.45) is 11.8 Å². The molecule has 18 heavy (non-hydrogen) atoms. The lowest BCUT2D eigenvalue weighted by atomic mass is 9.97. The van der Waals surface area contributed by atoms with Gasteiger partial charge in [-0.05, 0) is 30.2 Å². The van der Waals surface area contributed by atoms with E-state index in [0.717, 1.165) is 5.69 Å². The van der Waals surface area contributed by atoms with Gasteiger partial charge in [0.15, 0.2) is 0 Å². The first-order valence-corrected chi connectivity index (χ1v) is 7.31. The van der Waals surface area contributed by atoms with E-state index in [1.807, 2.05) is 11.8 Å². The first-order valence-electron chi connectivity index (χ1n) is 6.43. The predicted octanol–water partition coefficient (Wildman–Crippen LogP) is 4.39. The van der Waals surface area contributed by atoms with Gasteiger partial charge in [-0.2, -0.15) is 5.26 Å². The van der Waals surface area contributed by atoms with Crippen molar-refractivity contribution in [1.82, 2.24) is 0 Å². The second-order valence-electron chi connectivity index (χ2n) is 5.05. The van der Waals surface area contributed by atoms with E-state index in [9.17, 15) is 0 Å². The molecule has 1 rings (SSSR count). The van der Waals surface area contributed by atoms with Crippen LogP contribution in [-0.4, -0.2) is 11.8 Å². The Morgan fingerprint density at radius 2 is 1.78 bits per heavy atom. The highest BCUT2D eigenvalue weighted by molar-refractivity contribution is 7.99. The van der Waals surface area contributed by atoms with Crippen LogP contribution in [0.3, 0.4) is 0 Å². The summed E-state index contributed by atoms with van der Waals surface area (Å²) in [7, 11) is 0. The van der Waals surface area contributed by atoms with Crippen LogP contribution in [0.25, 0.3) is 0 Å². The maximum atomic E-state index is 9.02. The van der Waals surface area contributed by atoms with Crippen molar-refractivity contribution in [1.29, 1.82) is 5.26 Å². The Kier molecular flexibility index (Phi) is 6.07. The van der Waals surface area contributed by atoms with Crippen LogP contribution in [0.15, 0.2) is 29.2 Å². The third-order valence-corrected chi connectivity index (χ3v) is 3.74. The summed E-state index contributed by atoms with van der Waals surface area (Å²) in [5.74, 6) is 0.452. The minimum absolute atomic E-state index is 0.0646. The van der Waals surface area contributed by atoms with Gasteiger partial charge < -0.3 is 5.32 Å². The largest absolute Gasteiger partial charge is 0.384 e. The molecule has 0 bridgehead atoms. The molecule has 0 amide bonds. The number of benzene rings is 1. The quantitative estimate of drug-likeness (QED) is 0.772. The fourth-order valence-electron chi connectivity index (χ4n) is 1.58. The van der Waals surface area contributed by atoms with Crippen molar-refractivity contribution >= 4 is 17.4 Å². The van der Waals surface area contributed by atoms with Gasteiger partial charge >= 0.3 is 0 Å². The number of hydrogen-bond acceptors (Lipinski definition) is 3. The van der Waals surface area contributed by atoms with Gasteiger partial charge in [0.2, 0.25) is 0 Å². The molecule has 0 spiro atoms. The Hall–Kier alpha value is -1.14. The summed E-state index contributed by atoms with van der Waals surface area (Å²) in [6, 6.07) is 10.8. The highest BCUT2D eigenvalue weighted by Gasteiger charge is 2.11. The molecule has 0 aromatic heterocycles. The molecule has 2 nitrogen and oxygen atoms in total. The zero-order valence-electron chi connectivity index (χ0n) is 11.6. The molecule has 0 aliphatic rings. The van der Waals surface area contributed by atoms with E-state index in [1.165, 1.54) is 4.90 Å². The van der Waals surface area contributed by atoms with Crippen molar-refractivity contribution in [2.75, 3.05) is 11.9 Å². The molecular formula is C15H22N2S. The molecule has 0 aliphatic carbocycles. The highest BCUT2D eigenvalue weighted by Crippen LogP contribution is 2.24. The van der Waals surface area contributed by atoms with E-state index in [-0.39, 0.29) is 5.92 Å². The molecule has 3 heteroatoms. The number of anilines is 1. The minimum Gasteiger partial charge on any atom is -0.384 e. The van der Waals surface area contributed by atoms with Gasteiger partial charge in [0.1, 0.15) is 0 Å². The van der Waals surface area contributed by atoms with Gasteiger partial charge in [0.25, 0.3) is 0 Å². The van der Waals surface area contributed by atoms with E-state index >= 15 is 0 Å². The molecule has 0 saturated carbocycles. The standard InChI is InChI=1S/C15H22N2S/c1-11(2)13(9-16)10-17-14-5-7-15(8-6-14)18-12(3)4/h5-8,11-13,17H,10H2,1-4H3. The summed E-state index contributed by atoms with van der Waals surface area (Å²) in [6.45, 7) is 9.26. The summed E-state index contributed by atoms with van der Waals surface area (Å²) < 4.78 is 0. The Labute approximate surface area is 115 Å². The van der Waals surface area contributed by atoms with Crippen LogP contribution in [0, 0.1) is 23.2 Å². The predicted molar refractivity (Wildman–Crippen MR) is 79.9 cm³/mol.